The number of aromatic nitrogens is 3. The summed E-state index contributed by atoms with van der Waals surface area (Å²) in [6.45, 7) is 7.79. The average molecular weight is 259 g/mol. The van der Waals surface area contributed by atoms with E-state index in [0.717, 1.165) is 57.0 Å². The zero-order valence-corrected chi connectivity index (χ0v) is 11.5. The minimum absolute atomic E-state index is 0.956. The fraction of sp³-hybridized carbons (Fsp3) is 0.571. The first kappa shape index (κ1) is 12.6. The van der Waals surface area contributed by atoms with Gasteiger partial charge in [0.2, 0.25) is 0 Å². The quantitative estimate of drug-likeness (QED) is 0.885. The zero-order valence-electron chi connectivity index (χ0n) is 11.5. The van der Waals surface area contributed by atoms with E-state index >= 15 is 0 Å². The van der Waals surface area contributed by atoms with Crippen LogP contribution in [0.1, 0.15) is 17.8 Å². The maximum absolute atomic E-state index is 4.58. The van der Waals surface area contributed by atoms with Crippen molar-refractivity contribution in [2.45, 2.75) is 19.8 Å². The molecule has 5 heteroatoms. The van der Waals surface area contributed by atoms with Crippen LogP contribution in [0.5, 0.6) is 0 Å². The van der Waals surface area contributed by atoms with E-state index in [1.807, 2.05) is 10.7 Å². The van der Waals surface area contributed by atoms with Crippen LogP contribution >= 0.6 is 0 Å². The third-order valence-corrected chi connectivity index (χ3v) is 3.62. The van der Waals surface area contributed by atoms with Crippen LogP contribution in [0.4, 0.5) is 0 Å². The van der Waals surface area contributed by atoms with Crippen molar-refractivity contribution in [2.24, 2.45) is 0 Å². The van der Waals surface area contributed by atoms with Crippen LogP contribution < -0.4 is 5.32 Å². The predicted octanol–water partition coefficient (Wildman–Crippen LogP) is 0.876. The number of hydrogen-bond acceptors (Lipinski definition) is 4. The van der Waals surface area contributed by atoms with Crippen molar-refractivity contribution < 1.29 is 0 Å². The summed E-state index contributed by atoms with van der Waals surface area (Å²) in [5, 5.41) is 7.89. The Morgan fingerprint density at radius 2 is 2.16 bits per heavy atom. The molecule has 2 aromatic heterocycles. The molecule has 1 fully saturated rings. The largest absolute Gasteiger partial charge is 0.314 e. The highest BCUT2D eigenvalue weighted by Gasteiger charge is 2.09. The number of nitrogens with one attached hydrogen (secondary N) is 1. The molecule has 102 valence electrons. The number of piperazine rings is 1. The van der Waals surface area contributed by atoms with Gasteiger partial charge in [-0.3, -0.25) is 0 Å². The number of nitrogens with zero attached hydrogens (tertiary/aromatic N) is 4. The molecular formula is C14H21N5. The summed E-state index contributed by atoms with van der Waals surface area (Å²) in [5.74, 6) is 0.959. The van der Waals surface area contributed by atoms with Gasteiger partial charge in [-0.15, -0.1) is 0 Å². The lowest BCUT2D eigenvalue weighted by atomic mass is 10.2. The molecule has 0 unspecified atom stereocenters. The number of aryl methyl sites for hydroxylation is 2. The molecule has 0 spiro atoms. The first-order valence-electron chi connectivity index (χ1n) is 7.06. The van der Waals surface area contributed by atoms with Gasteiger partial charge in [0.05, 0.1) is 0 Å². The summed E-state index contributed by atoms with van der Waals surface area (Å²) in [6.07, 6.45) is 4.08. The normalized spacial score (nSPS) is 17.1. The highest BCUT2D eigenvalue weighted by atomic mass is 15.3. The third-order valence-electron chi connectivity index (χ3n) is 3.62. The van der Waals surface area contributed by atoms with Gasteiger partial charge in [-0.2, -0.15) is 5.10 Å². The van der Waals surface area contributed by atoms with Gasteiger partial charge in [0, 0.05) is 38.8 Å². The van der Waals surface area contributed by atoms with Crippen molar-refractivity contribution in [1.82, 2.24) is 24.8 Å². The molecule has 2 aromatic rings. The maximum atomic E-state index is 4.58. The summed E-state index contributed by atoms with van der Waals surface area (Å²) in [5.41, 5.74) is 2.18. The van der Waals surface area contributed by atoms with Crippen molar-refractivity contribution in [2.75, 3.05) is 32.7 Å². The second-order valence-corrected chi connectivity index (χ2v) is 5.23. The Morgan fingerprint density at radius 1 is 1.32 bits per heavy atom. The van der Waals surface area contributed by atoms with Crippen molar-refractivity contribution in [3.63, 3.8) is 0 Å². The topological polar surface area (TPSA) is 45.5 Å². The van der Waals surface area contributed by atoms with Crippen molar-refractivity contribution in [3.05, 3.63) is 29.7 Å². The molecule has 1 aliphatic rings. The van der Waals surface area contributed by atoms with Crippen LogP contribution in [0.25, 0.3) is 5.65 Å². The van der Waals surface area contributed by atoms with E-state index in [-0.39, 0.29) is 0 Å². The first-order chi connectivity index (χ1) is 9.31. The fourth-order valence-corrected chi connectivity index (χ4v) is 2.53. The van der Waals surface area contributed by atoms with Crippen molar-refractivity contribution >= 4 is 5.65 Å². The van der Waals surface area contributed by atoms with E-state index in [0.29, 0.717) is 0 Å². The summed E-state index contributed by atoms with van der Waals surface area (Å²) >= 11 is 0. The lowest BCUT2D eigenvalue weighted by Gasteiger charge is -2.26. The molecular weight excluding hydrogens is 238 g/mol. The third kappa shape index (κ3) is 3.11. The number of fused-ring (bicyclic) bond motifs is 1. The van der Waals surface area contributed by atoms with Gasteiger partial charge in [-0.05, 0) is 37.6 Å². The summed E-state index contributed by atoms with van der Waals surface area (Å²) in [7, 11) is 0. The Labute approximate surface area is 113 Å². The van der Waals surface area contributed by atoms with Gasteiger partial charge in [-0.1, -0.05) is 0 Å². The molecule has 0 radical (unpaired) electrons. The van der Waals surface area contributed by atoms with Crippen molar-refractivity contribution in [3.8, 4) is 0 Å². The SMILES string of the molecule is Cc1ccn2nc(CCCN3CCNCC3)nc2c1. The highest BCUT2D eigenvalue weighted by Crippen LogP contribution is 2.06. The Morgan fingerprint density at radius 3 is 3.00 bits per heavy atom. The summed E-state index contributed by atoms with van der Waals surface area (Å²) < 4.78 is 1.87. The minimum atomic E-state index is 0.956. The molecule has 0 aliphatic carbocycles. The lowest BCUT2D eigenvalue weighted by Crippen LogP contribution is -2.43. The van der Waals surface area contributed by atoms with E-state index < -0.39 is 0 Å². The molecule has 1 N–H and O–H groups in total. The number of hydrogen-bond donors (Lipinski definition) is 1. The van der Waals surface area contributed by atoms with E-state index in [9.17, 15) is 0 Å². The second kappa shape index (κ2) is 5.67. The molecule has 0 saturated carbocycles. The van der Waals surface area contributed by atoms with Crippen LogP contribution in [0, 0.1) is 6.92 Å². The molecule has 0 amide bonds. The van der Waals surface area contributed by atoms with Gasteiger partial charge >= 0.3 is 0 Å². The van der Waals surface area contributed by atoms with Crippen molar-refractivity contribution in [1.29, 1.82) is 0 Å². The first-order valence-corrected chi connectivity index (χ1v) is 7.06. The molecule has 0 aromatic carbocycles. The monoisotopic (exact) mass is 259 g/mol. The molecule has 0 atom stereocenters. The average Bonchev–Trinajstić information content (AvgIpc) is 2.82. The second-order valence-electron chi connectivity index (χ2n) is 5.23. The van der Waals surface area contributed by atoms with Gasteiger partial charge in [0.1, 0.15) is 0 Å². The van der Waals surface area contributed by atoms with Gasteiger partial charge < -0.3 is 10.2 Å². The Bertz CT molecular complexity index is 542. The molecule has 5 nitrogen and oxygen atoms in total. The van der Waals surface area contributed by atoms with E-state index in [1.54, 1.807) is 0 Å². The predicted molar refractivity (Wildman–Crippen MR) is 75.4 cm³/mol. The molecule has 1 saturated heterocycles. The standard InChI is InChI=1S/C14H21N5/c1-12-4-8-19-14(11-12)16-13(17-19)3-2-7-18-9-5-15-6-10-18/h4,8,11,15H,2-3,5-7,9-10H2,1H3. The lowest BCUT2D eigenvalue weighted by molar-refractivity contribution is 0.238. The van der Waals surface area contributed by atoms with Crippen LogP contribution in [0.2, 0.25) is 0 Å². The van der Waals surface area contributed by atoms with Crippen LogP contribution in [-0.4, -0.2) is 52.2 Å². The smallest absolute Gasteiger partial charge is 0.155 e. The maximum Gasteiger partial charge on any atom is 0.155 e. The van der Waals surface area contributed by atoms with Gasteiger partial charge in [0.15, 0.2) is 11.5 Å². The molecule has 1 aliphatic heterocycles. The summed E-state index contributed by atoms with van der Waals surface area (Å²) in [4.78, 5) is 7.09. The van der Waals surface area contributed by atoms with Gasteiger partial charge in [0.25, 0.3) is 0 Å². The van der Waals surface area contributed by atoms with Crippen LogP contribution in [-0.2, 0) is 6.42 Å². The number of rotatable bonds is 4. The van der Waals surface area contributed by atoms with E-state index in [1.165, 1.54) is 5.56 Å². The summed E-state index contributed by atoms with van der Waals surface area (Å²) in [6, 6.07) is 4.14. The van der Waals surface area contributed by atoms with E-state index in [2.05, 4.69) is 39.4 Å². The minimum Gasteiger partial charge on any atom is -0.314 e. The highest BCUT2D eigenvalue weighted by molar-refractivity contribution is 5.39. The molecule has 19 heavy (non-hydrogen) atoms. The van der Waals surface area contributed by atoms with Gasteiger partial charge in [-0.25, -0.2) is 9.50 Å². The Balaban J connectivity index is 1.56. The van der Waals surface area contributed by atoms with Crippen LogP contribution in [0.15, 0.2) is 18.3 Å². The Kier molecular flexibility index (Phi) is 3.75. The molecule has 3 heterocycles. The molecule has 3 rings (SSSR count). The fourth-order valence-electron chi connectivity index (χ4n) is 2.53. The molecule has 0 bridgehead atoms. The Hall–Kier alpha value is -1.46. The zero-order chi connectivity index (χ0) is 13.1. The van der Waals surface area contributed by atoms with Crippen LogP contribution in [0.3, 0.4) is 0 Å². The number of pyridine rings is 1. The van der Waals surface area contributed by atoms with E-state index in [4.69, 9.17) is 0 Å².